The van der Waals surface area contributed by atoms with Gasteiger partial charge in [0, 0.05) is 12.6 Å². The Morgan fingerprint density at radius 2 is 2.14 bits per heavy atom. The molecular formula is C17H28N2O2. The van der Waals surface area contributed by atoms with Crippen LogP contribution in [-0.4, -0.2) is 25.6 Å². The van der Waals surface area contributed by atoms with Gasteiger partial charge in [-0.25, -0.2) is 0 Å². The van der Waals surface area contributed by atoms with Gasteiger partial charge >= 0.3 is 0 Å². The Labute approximate surface area is 128 Å². The molecule has 1 aromatic carbocycles. The second-order valence-corrected chi connectivity index (χ2v) is 5.43. The SMILES string of the molecule is CCCCCC(C)NC(=O)COc1cccc(CNC)c1. The minimum atomic E-state index is -0.0574. The Morgan fingerprint density at radius 3 is 2.86 bits per heavy atom. The summed E-state index contributed by atoms with van der Waals surface area (Å²) < 4.78 is 5.54. The number of rotatable bonds is 10. The lowest BCUT2D eigenvalue weighted by atomic mass is 10.1. The van der Waals surface area contributed by atoms with Gasteiger partial charge in [-0.05, 0) is 38.1 Å². The van der Waals surface area contributed by atoms with Crippen molar-refractivity contribution in [2.75, 3.05) is 13.7 Å². The summed E-state index contributed by atoms with van der Waals surface area (Å²) in [5.74, 6) is 0.676. The van der Waals surface area contributed by atoms with E-state index in [0.717, 1.165) is 30.7 Å². The van der Waals surface area contributed by atoms with Crippen LogP contribution in [0.25, 0.3) is 0 Å². The Hall–Kier alpha value is -1.55. The molecule has 118 valence electrons. The van der Waals surface area contributed by atoms with Gasteiger partial charge in [0.1, 0.15) is 5.75 Å². The van der Waals surface area contributed by atoms with Crippen molar-refractivity contribution < 1.29 is 9.53 Å². The lowest BCUT2D eigenvalue weighted by Gasteiger charge is -2.14. The molecule has 0 heterocycles. The zero-order valence-electron chi connectivity index (χ0n) is 13.4. The molecule has 1 atom stereocenters. The lowest BCUT2D eigenvalue weighted by molar-refractivity contribution is -0.123. The summed E-state index contributed by atoms with van der Waals surface area (Å²) in [6.07, 6.45) is 4.60. The predicted molar refractivity (Wildman–Crippen MR) is 86.4 cm³/mol. The molecule has 2 N–H and O–H groups in total. The third kappa shape index (κ3) is 7.71. The summed E-state index contributed by atoms with van der Waals surface area (Å²) >= 11 is 0. The zero-order chi connectivity index (χ0) is 15.5. The number of ether oxygens (including phenoxy) is 1. The zero-order valence-corrected chi connectivity index (χ0v) is 13.4. The summed E-state index contributed by atoms with van der Waals surface area (Å²) in [6, 6.07) is 8.00. The third-order valence-electron chi connectivity index (χ3n) is 3.30. The van der Waals surface area contributed by atoms with E-state index in [2.05, 4.69) is 17.6 Å². The van der Waals surface area contributed by atoms with E-state index < -0.39 is 0 Å². The number of amides is 1. The summed E-state index contributed by atoms with van der Waals surface area (Å²) in [7, 11) is 1.90. The van der Waals surface area contributed by atoms with E-state index in [0.29, 0.717) is 0 Å². The van der Waals surface area contributed by atoms with E-state index in [1.54, 1.807) is 0 Å². The second kappa shape index (κ2) is 10.2. The van der Waals surface area contributed by atoms with Crippen molar-refractivity contribution in [3.8, 4) is 5.75 Å². The molecule has 0 radical (unpaired) electrons. The fourth-order valence-corrected chi connectivity index (χ4v) is 2.19. The van der Waals surface area contributed by atoms with E-state index in [1.165, 1.54) is 12.8 Å². The molecule has 1 aromatic rings. The normalized spacial score (nSPS) is 12.0. The highest BCUT2D eigenvalue weighted by molar-refractivity contribution is 5.77. The summed E-state index contributed by atoms with van der Waals surface area (Å²) in [5.41, 5.74) is 1.14. The number of nitrogens with one attached hydrogen (secondary N) is 2. The fraction of sp³-hybridized carbons (Fsp3) is 0.588. The van der Waals surface area contributed by atoms with Gasteiger partial charge in [0.15, 0.2) is 6.61 Å². The Balaban J connectivity index is 2.30. The van der Waals surface area contributed by atoms with Crippen molar-refractivity contribution in [2.45, 2.75) is 52.1 Å². The predicted octanol–water partition coefficient (Wildman–Crippen LogP) is 2.87. The first-order valence-corrected chi connectivity index (χ1v) is 7.81. The fourth-order valence-electron chi connectivity index (χ4n) is 2.19. The molecule has 0 fully saturated rings. The van der Waals surface area contributed by atoms with Crippen LogP contribution in [0.2, 0.25) is 0 Å². The molecule has 4 nitrogen and oxygen atoms in total. The van der Waals surface area contributed by atoms with Gasteiger partial charge in [-0.3, -0.25) is 4.79 Å². The number of hydrogen-bond donors (Lipinski definition) is 2. The van der Waals surface area contributed by atoms with Crippen molar-refractivity contribution in [3.05, 3.63) is 29.8 Å². The van der Waals surface area contributed by atoms with Gasteiger partial charge in [0.2, 0.25) is 0 Å². The lowest BCUT2D eigenvalue weighted by Crippen LogP contribution is -2.36. The van der Waals surface area contributed by atoms with E-state index in [9.17, 15) is 4.79 Å². The molecule has 21 heavy (non-hydrogen) atoms. The van der Waals surface area contributed by atoms with Crippen molar-refractivity contribution >= 4 is 5.91 Å². The molecule has 0 aliphatic rings. The highest BCUT2D eigenvalue weighted by Gasteiger charge is 2.08. The maximum Gasteiger partial charge on any atom is 0.258 e. The van der Waals surface area contributed by atoms with Crippen LogP contribution in [0, 0.1) is 0 Å². The highest BCUT2D eigenvalue weighted by Crippen LogP contribution is 2.13. The molecule has 0 aliphatic carbocycles. The number of unbranched alkanes of at least 4 members (excludes halogenated alkanes) is 2. The molecule has 0 aromatic heterocycles. The van der Waals surface area contributed by atoms with Crippen LogP contribution in [0.1, 0.15) is 45.1 Å². The largest absolute Gasteiger partial charge is 0.484 e. The minimum absolute atomic E-state index is 0.0574. The van der Waals surface area contributed by atoms with Crippen LogP contribution in [-0.2, 0) is 11.3 Å². The Bertz CT molecular complexity index is 421. The van der Waals surface area contributed by atoms with E-state index in [1.807, 2.05) is 38.2 Å². The first kappa shape index (κ1) is 17.5. The summed E-state index contributed by atoms with van der Waals surface area (Å²) in [4.78, 5) is 11.8. The van der Waals surface area contributed by atoms with Gasteiger partial charge in [-0.1, -0.05) is 38.3 Å². The van der Waals surface area contributed by atoms with Crippen molar-refractivity contribution in [3.63, 3.8) is 0 Å². The summed E-state index contributed by atoms with van der Waals surface area (Å²) in [6.45, 7) is 5.08. The maximum absolute atomic E-state index is 11.8. The van der Waals surface area contributed by atoms with Gasteiger partial charge in [-0.15, -0.1) is 0 Å². The van der Waals surface area contributed by atoms with Crippen LogP contribution in [0.3, 0.4) is 0 Å². The number of carbonyl (C=O) groups excluding carboxylic acids is 1. The number of carbonyl (C=O) groups is 1. The highest BCUT2D eigenvalue weighted by atomic mass is 16.5. The van der Waals surface area contributed by atoms with Crippen molar-refractivity contribution in [1.29, 1.82) is 0 Å². The number of hydrogen-bond acceptors (Lipinski definition) is 3. The maximum atomic E-state index is 11.8. The standard InChI is InChI=1S/C17H28N2O2/c1-4-5-6-8-14(2)19-17(20)13-21-16-10-7-9-15(11-16)12-18-3/h7,9-11,14,18H,4-6,8,12-13H2,1-3H3,(H,19,20). The summed E-state index contributed by atoms with van der Waals surface area (Å²) in [5, 5.41) is 6.06. The van der Waals surface area contributed by atoms with Crippen LogP contribution in [0.5, 0.6) is 5.75 Å². The smallest absolute Gasteiger partial charge is 0.258 e. The van der Waals surface area contributed by atoms with E-state index in [4.69, 9.17) is 4.74 Å². The van der Waals surface area contributed by atoms with Crippen molar-refractivity contribution in [2.24, 2.45) is 0 Å². The second-order valence-electron chi connectivity index (χ2n) is 5.43. The van der Waals surface area contributed by atoms with Gasteiger partial charge in [0.05, 0.1) is 0 Å². The van der Waals surface area contributed by atoms with Gasteiger partial charge in [0.25, 0.3) is 5.91 Å². The quantitative estimate of drug-likeness (QED) is 0.652. The molecule has 0 bridgehead atoms. The van der Waals surface area contributed by atoms with Crippen LogP contribution >= 0.6 is 0 Å². The first-order chi connectivity index (χ1) is 10.2. The molecule has 0 saturated heterocycles. The molecule has 1 amide bonds. The number of benzene rings is 1. The van der Waals surface area contributed by atoms with E-state index >= 15 is 0 Å². The average molecular weight is 292 g/mol. The van der Waals surface area contributed by atoms with Gasteiger partial charge < -0.3 is 15.4 Å². The molecule has 0 saturated carbocycles. The van der Waals surface area contributed by atoms with Crippen LogP contribution in [0.4, 0.5) is 0 Å². The average Bonchev–Trinajstić information content (AvgIpc) is 2.46. The molecular weight excluding hydrogens is 264 g/mol. The Kier molecular flexibility index (Phi) is 8.51. The van der Waals surface area contributed by atoms with E-state index in [-0.39, 0.29) is 18.6 Å². The first-order valence-electron chi connectivity index (χ1n) is 7.81. The minimum Gasteiger partial charge on any atom is -0.484 e. The van der Waals surface area contributed by atoms with Crippen LogP contribution in [0.15, 0.2) is 24.3 Å². The molecule has 0 aliphatic heterocycles. The third-order valence-corrected chi connectivity index (χ3v) is 3.30. The Morgan fingerprint density at radius 1 is 1.33 bits per heavy atom. The van der Waals surface area contributed by atoms with Crippen molar-refractivity contribution in [1.82, 2.24) is 10.6 Å². The van der Waals surface area contributed by atoms with Crippen LogP contribution < -0.4 is 15.4 Å². The monoisotopic (exact) mass is 292 g/mol. The molecule has 0 spiro atoms. The molecule has 1 rings (SSSR count). The molecule has 4 heteroatoms. The topological polar surface area (TPSA) is 50.4 Å². The molecule has 1 unspecified atom stereocenters. The van der Waals surface area contributed by atoms with Gasteiger partial charge in [-0.2, -0.15) is 0 Å².